The minimum atomic E-state index is -0.906. The van der Waals surface area contributed by atoms with Crippen molar-refractivity contribution < 1.29 is 28.7 Å². The zero-order valence-electron chi connectivity index (χ0n) is 28.4. The number of hydrogen-bond acceptors (Lipinski definition) is 7. The van der Waals surface area contributed by atoms with Crippen LogP contribution in [0.15, 0.2) is 42.7 Å². The van der Waals surface area contributed by atoms with E-state index in [-0.39, 0.29) is 43.9 Å². The van der Waals surface area contributed by atoms with Crippen LogP contribution in [0.25, 0.3) is 0 Å². The third-order valence-electron chi connectivity index (χ3n) is 9.60. The van der Waals surface area contributed by atoms with Gasteiger partial charge in [-0.2, -0.15) is 5.10 Å². The molecule has 0 radical (unpaired) electrons. The van der Waals surface area contributed by atoms with Gasteiger partial charge >= 0.3 is 6.09 Å². The van der Waals surface area contributed by atoms with Crippen LogP contribution in [0.4, 0.5) is 4.79 Å². The third kappa shape index (κ3) is 8.33. The fraction of sp³-hybridized carbons (Fsp3) is 0.629. The van der Waals surface area contributed by atoms with Gasteiger partial charge in [-0.15, -0.1) is 0 Å². The van der Waals surface area contributed by atoms with Crippen molar-refractivity contribution in [2.75, 3.05) is 39.8 Å². The molecule has 12 nitrogen and oxygen atoms in total. The maximum absolute atomic E-state index is 14.1. The van der Waals surface area contributed by atoms with E-state index in [9.17, 15) is 19.2 Å². The molecule has 2 N–H and O–H groups in total. The first-order valence-electron chi connectivity index (χ1n) is 16.8. The molecule has 3 aliphatic rings. The Hall–Kier alpha value is -3.93. The summed E-state index contributed by atoms with van der Waals surface area (Å²) in [6.45, 7) is 9.25. The first kappa shape index (κ1) is 34.4. The first-order chi connectivity index (χ1) is 22.4. The summed E-state index contributed by atoms with van der Waals surface area (Å²) in [5, 5.41) is 10.0. The molecule has 2 saturated heterocycles. The van der Waals surface area contributed by atoms with E-state index in [4.69, 9.17) is 9.47 Å². The second-order valence-corrected chi connectivity index (χ2v) is 14.5. The van der Waals surface area contributed by atoms with Crippen molar-refractivity contribution in [3.8, 4) is 0 Å². The molecule has 5 rings (SSSR count). The van der Waals surface area contributed by atoms with Gasteiger partial charge in [0.2, 0.25) is 11.8 Å². The van der Waals surface area contributed by atoms with Gasteiger partial charge in [-0.1, -0.05) is 49.6 Å². The Balaban J connectivity index is 1.30. The molecule has 0 unspecified atom stereocenters. The minimum absolute atomic E-state index is 0.147. The van der Waals surface area contributed by atoms with Gasteiger partial charge < -0.3 is 29.9 Å². The van der Waals surface area contributed by atoms with Gasteiger partial charge in [0.25, 0.3) is 5.91 Å². The molecule has 1 saturated carbocycles. The molecule has 1 aromatic carbocycles. The Morgan fingerprint density at radius 3 is 2.36 bits per heavy atom. The zero-order valence-corrected chi connectivity index (χ0v) is 28.4. The van der Waals surface area contributed by atoms with E-state index in [2.05, 4.69) is 15.7 Å². The molecule has 3 fully saturated rings. The van der Waals surface area contributed by atoms with Crippen molar-refractivity contribution in [3.05, 3.63) is 53.9 Å². The molecule has 2 aliphatic heterocycles. The topological polar surface area (TPSA) is 135 Å². The largest absolute Gasteiger partial charge is 0.444 e. The molecular weight excluding hydrogens is 600 g/mol. The van der Waals surface area contributed by atoms with Crippen LogP contribution in [0.1, 0.15) is 75.7 Å². The molecule has 3 heterocycles. The van der Waals surface area contributed by atoms with E-state index in [1.165, 1.54) is 26.3 Å². The molecule has 1 aliphatic carbocycles. The highest BCUT2D eigenvalue weighted by atomic mass is 16.6. The van der Waals surface area contributed by atoms with Gasteiger partial charge in [-0.3, -0.25) is 19.1 Å². The fourth-order valence-corrected chi connectivity index (χ4v) is 7.03. The fourth-order valence-electron chi connectivity index (χ4n) is 7.03. The van der Waals surface area contributed by atoms with Crippen molar-refractivity contribution in [1.29, 1.82) is 0 Å². The number of benzene rings is 1. The lowest BCUT2D eigenvalue weighted by Gasteiger charge is -2.50. The Morgan fingerprint density at radius 2 is 1.70 bits per heavy atom. The van der Waals surface area contributed by atoms with Gasteiger partial charge in [-0.05, 0) is 52.0 Å². The number of likely N-dealkylation sites (tertiary alicyclic amines) is 2. The molecule has 1 spiro atoms. The summed E-state index contributed by atoms with van der Waals surface area (Å²) >= 11 is 0. The highest BCUT2D eigenvalue weighted by Crippen LogP contribution is 2.45. The van der Waals surface area contributed by atoms with Crippen LogP contribution in [0, 0.1) is 17.3 Å². The maximum Gasteiger partial charge on any atom is 0.410 e. The zero-order chi connectivity index (χ0) is 33.8. The number of nitrogens with one attached hydrogen (secondary N) is 2. The maximum atomic E-state index is 14.1. The Morgan fingerprint density at radius 1 is 1.02 bits per heavy atom. The number of amides is 4. The van der Waals surface area contributed by atoms with Crippen molar-refractivity contribution in [1.82, 2.24) is 30.2 Å². The van der Waals surface area contributed by atoms with Gasteiger partial charge in [0.05, 0.1) is 30.3 Å². The summed E-state index contributed by atoms with van der Waals surface area (Å²) in [6.07, 6.45) is 8.09. The summed E-state index contributed by atoms with van der Waals surface area (Å²) < 4.78 is 13.5. The lowest BCUT2D eigenvalue weighted by molar-refractivity contribution is -0.139. The van der Waals surface area contributed by atoms with E-state index < -0.39 is 35.2 Å². The van der Waals surface area contributed by atoms with E-state index in [1.54, 1.807) is 47.6 Å². The molecule has 4 amide bonds. The van der Waals surface area contributed by atoms with Crippen molar-refractivity contribution in [3.63, 3.8) is 0 Å². The van der Waals surface area contributed by atoms with Gasteiger partial charge in [-0.25, -0.2) is 4.79 Å². The average Bonchev–Trinajstić information content (AvgIpc) is 3.67. The number of aromatic nitrogens is 2. The number of ether oxygens (including phenoxy) is 2. The molecular formula is C35H50N6O6. The monoisotopic (exact) mass is 650 g/mol. The van der Waals surface area contributed by atoms with Crippen LogP contribution in [0.5, 0.6) is 0 Å². The number of nitrogens with zero attached hydrogens (tertiary/aromatic N) is 4. The van der Waals surface area contributed by atoms with E-state index >= 15 is 0 Å². The van der Waals surface area contributed by atoms with Crippen LogP contribution in [0.2, 0.25) is 0 Å². The Kier molecular flexibility index (Phi) is 10.6. The number of rotatable bonds is 10. The molecule has 12 heteroatoms. The van der Waals surface area contributed by atoms with Gasteiger partial charge in [0, 0.05) is 51.4 Å². The highest BCUT2D eigenvalue weighted by Gasteiger charge is 2.59. The van der Waals surface area contributed by atoms with Crippen LogP contribution in [0.3, 0.4) is 0 Å². The molecule has 0 bridgehead atoms. The van der Waals surface area contributed by atoms with E-state index in [1.807, 2.05) is 37.3 Å². The van der Waals surface area contributed by atoms with Crippen molar-refractivity contribution >= 4 is 23.8 Å². The SMILES string of the molecule is CNC(=O)[C@@H](NC(=O)[C@@H]1CN(C(=O)c2cnn(Cc3ccccc3)c2)CC12CN(C(=O)OC(C)(C)C)C2)[C@@H](C)OCC1CCCCC1. The second-order valence-electron chi connectivity index (χ2n) is 14.5. The van der Waals surface area contributed by atoms with Crippen molar-refractivity contribution in [2.24, 2.45) is 17.3 Å². The molecule has 2 aromatic rings. The van der Waals surface area contributed by atoms with Crippen LogP contribution >= 0.6 is 0 Å². The predicted molar refractivity (Wildman–Crippen MR) is 175 cm³/mol. The average molecular weight is 651 g/mol. The smallest absolute Gasteiger partial charge is 0.410 e. The van der Waals surface area contributed by atoms with E-state index in [0.717, 1.165) is 18.4 Å². The summed E-state index contributed by atoms with van der Waals surface area (Å²) in [6, 6.07) is 8.95. The number of carbonyl (C=O) groups is 4. The van der Waals surface area contributed by atoms with Crippen LogP contribution in [-0.2, 0) is 25.6 Å². The van der Waals surface area contributed by atoms with Crippen molar-refractivity contribution in [2.45, 2.75) is 84.1 Å². The normalized spacial score (nSPS) is 20.7. The number of hydrogen-bond donors (Lipinski definition) is 2. The molecule has 3 atom stereocenters. The summed E-state index contributed by atoms with van der Waals surface area (Å²) in [5.41, 5.74) is 0.137. The number of carbonyl (C=O) groups excluding carboxylic acids is 4. The standard InChI is InChI=1S/C35H50N6O6/c1-24(46-20-26-14-10-7-11-15-26)29(31(43)36-5)38-30(42)28-19-39(21-35(28)22-40(23-35)33(45)47-34(2,3)4)32(44)27-16-37-41(18-27)17-25-12-8-6-9-13-25/h6,8-9,12-13,16,18,24,26,28-29H,7,10-11,14-15,17,19-23H2,1-5H3,(H,36,43)(H,38,42)/t24-,28+,29+/m1/s1. The summed E-state index contributed by atoms with van der Waals surface area (Å²) in [5.74, 6) is -1.12. The Bertz CT molecular complexity index is 1410. The quantitative estimate of drug-likeness (QED) is 0.402. The summed E-state index contributed by atoms with van der Waals surface area (Å²) in [4.78, 5) is 57.0. The minimum Gasteiger partial charge on any atom is -0.444 e. The molecule has 256 valence electrons. The molecule has 1 aromatic heterocycles. The van der Waals surface area contributed by atoms with E-state index in [0.29, 0.717) is 24.6 Å². The third-order valence-corrected chi connectivity index (χ3v) is 9.60. The predicted octanol–water partition coefficient (Wildman–Crippen LogP) is 3.46. The summed E-state index contributed by atoms with van der Waals surface area (Å²) in [7, 11) is 1.54. The number of likely N-dealkylation sites (N-methyl/N-ethyl adjacent to an activating group) is 1. The first-order valence-corrected chi connectivity index (χ1v) is 16.8. The molecule has 47 heavy (non-hydrogen) atoms. The highest BCUT2D eigenvalue weighted by molar-refractivity contribution is 5.95. The Labute approximate surface area is 277 Å². The van der Waals surface area contributed by atoms with Gasteiger partial charge in [0.15, 0.2) is 0 Å². The van der Waals surface area contributed by atoms with Crippen LogP contribution in [-0.4, -0.2) is 101 Å². The lowest BCUT2D eigenvalue weighted by Crippen LogP contribution is -2.65. The van der Waals surface area contributed by atoms with Gasteiger partial charge in [0.1, 0.15) is 11.6 Å². The lowest BCUT2D eigenvalue weighted by atomic mass is 9.71. The van der Waals surface area contributed by atoms with Crippen LogP contribution < -0.4 is 10.6 Å². The second kappa shape index (κ2) is 14.5.